The van der Waals surface area contributed by atoms with E-state index in [-0.39, 0.29) is 10.9 Å². The minimum Gasteiger partial charge on any atom is -0.468 e. The van der Waals surface area contributed by atoms with E-state index in [0.717, 1.165) is 0 Å². The maximum absolute atomic E-state index is 13.3. The molecule has 1 unspecified atom stereocenters. The highest BCUT2D eigenvalue weighted by molar-refractivity contribution is 6.30. The van der Waals surface area contributed by atoms with Gasteiger partial charge in [-0.25, -0.2) is 4.39 Å². The van der Waals surface area contributed by atoms with Crippen molar-refractivity contribution in [1.82, 2.24) is 5.32 Å². The monoisotopic (exact) mass is 297 g/mol. The number of esters is 1. The van der Waals surface area contributed by atoms with Crippen LogP contribution < -0.4 is 5.32 Å². The predicted molar refractivity (Wildman–Crippen MR) is 69.8 cm³/mol. The molecule has 106 valence electrons. The molecule has 3 rings (SSSR count). The molecule has 2 atom stereocenters. The number of carbonyl (C=O) groups excluding carboxylic acids is 2. The number of fused-ring (bicyclic) bond motifs is 1. The summed E-state index contributed by atoms with van der Waals surface area (Å²) >= 11 is 5.82. The third kappa shape index (κ3) is 1.47. The largest absolute Gasteiger partial charge is 0.468 e. The fourth-order valence-corrected chi connectivity index (χ4v) is 3.55. The lowest BCUT2D eigenvalue weighted by molar-refractivity contribution is -0.154. The van der Waals surface area contributed by atoms with E-state index >= 15 is 0 Å². The van der Waals surface area contributed by atoms with Crippen molar-refractivity contribution in [3.8, 4) is 0 Å². The average molecular weight is 298 g/mol. The van der Waals surface area contributed by atoms with E-state index in [1.165, 1.54) is 19.2 Å². The first-order valence-electron chi connectivity index (χ1n) is 6.30. The molecule has 6 heteroatoms. The van der Waals surface area contributed by atoms with E-state index in [1.54, 1.807) is 6.07 Å². The lowest BCUT2D eigenvalue weighted by atomic mass is 9.80. The Balaban J connectivity index is 2.09. The van der Waals surface area contributed by atoms with Gasteiger partial charge in [0.1, 0.15) is 5.82 Å². The first-order chi connectivity index (χ1) is 9.48. The molecule has 1 aliphatic carbocycles. The molecule has 4 nitrogen and oxygen atoms in total. The van der Waals surface area contributed by atoms with E-state index in [0.29, 0.717) is 24.9 Å². The Morgan fingerprint density at radius 3 is 2.90 bits per heavy atom. The number of halogens is 2. The van der Waals surface area contributed by atoms with Crippen molar-refractivity contribution in [1.29, 1.82) is 0 Å². The molecular weight excluding hydrogens is 285 g/mol. The number of hydrogen-bond donors (Lipinski definition) is 1. The van der Waals surface area contributed by atoms with Crippen LogP contribution in [0.3, 0.4) is 0 Å². The Labute approximate surface area is 120 Å². The Morgan fingerprint density at radius 1 is 1.50 bits per heavy atom. The van der Waals surface area contributed by atoms with Gasteiger partial charge >= 0.3 is 5.97 Å². The molecule has 0 bridgehead atoms. The molecule has 1 amide bonds. The first kappa shape index (κ1) is 13.4. The average Bonchev–Trinajstić information content (AvgIpc) is 3.14. The second kappa shape index (κ2) is 4.19. The molecule has 1 N–H and O–H groups in total. The molecule has 0 spiro atoms. The van der Waals surface area contributed by atoms with Crippen LogP contribution in [0.15, 0.2) is 18.2 Å². The van der Waals surface area contributed by atoms with Crippen molar-refractivity contribution in [2.24, 2.45) is 5.41 Å². The molecule has 1 aliphatic heterocycles. The zero-order valence-corrected chi connectivity index (χ0v) is 11.6. The van der Waals surface area contributed by atoms with Crippen LogP contribution in [0.25, 0.3) is 0 Å². The lowest BCUT2D eigenvalue weighted by Gasteiger charge is -2.29. The van der Waals surface area contributed by atoms with Crippen molar-refractivity contribution in [3.63, 3.8) is 0 Å². The highest BCUT2D eigenvalue weighted by Crippen LogP contribution is 2.68. The maximum atomic E-state index is 13.3. The zero-order chi connectivity index (χ0) is 14.5. The second-order valence-electron chi connectivity index (χ2n) is 5.29. The summed E-state index contributed by atoms with van der Waals surface area (Å²) in [5.74, 6) is -1.39. The highest BCUT2D eigenvalue weighted by atomic mass is 35.5. The van der Waals surface area contributed by atoms with Gasteiger partial charge in [0, 0.05) is 12.0 Å². The maximum Gasteiger partial charge on any atom is 0.322 e. The summed E-state index contributed by atoms with van der Waals surface area (Å²) in [6.45, 7) is 0.479. The zero-order valence-electron chi connectivity index (χ0n) is 10.8. The van der Waals surface area contributed by atoms with Crippen molar-refractivity contribution >= 4 is 23.5 Å². The smallest absolute Gasteiger partial charge is 0.322 e. The second-order valence-corrected chi connectivity index (χ2v) is 5.70. The quantitative estimate of drug-likeness (QED) is 0.669. The van der Waals surface area contributed by atoms with Gasteiger partial charge in [0.05, 0.1) is 12.1 Å². The van der Waals surface area contributed by atoms with Crippen molar-refractivity contribution in [2.75, 3.05) is 13.7 Å². The lowest BCUT2D eigenvalue weighted by Crippen LogP contribution is -2.48. The fraction of sp³-hybridized carbons (Fsp3) is 0.429. The molecule has 2 fully saturated rings. The summed E-state index contributed by atoms with van der Waals surface area (Å²) in [5, 5.41) is 2.70. The van der Waals surface area contributed by atoms with Crippen molar-refractivity contribution in [2.45, 2.75) is 18.3 Å². The highest BCUT2D eigenvalue weighted by Gasteiger charge is 2.78. The molecule has 20 heavy (non-hydrogen) atoms. The number of benzene rings is 1. The van der Waals surface area contributed by atoms with Crippen LogP contribution >= 0.6 is 11.6 Å². The van der Waals surface area contributed by atoms with Gasteiger partial charge in [-0.3, -0.25) is 9.59 Å². The van der Waals surface area contributed by atoms with Gasteiger partial charge in [0.15, 0.2) is 5.41 Å². The van der Waals surface area contributed by atoms with Crippen molar-refractivity contribution in [3.05, 3.63) is 34.6 Å². The standard InChI is InChI=1S/C14H13ClFNO3/c1-20-12(19)14-7-13(14,4-5-17-11(14)18)8-2-3-10(16)9(15)6-8/h2-3,6H,4-5,7H2,1H3,(H,17,18)/t13-,14?/m1/s1. The topological polar surface area (TPSA) is 55.4 Å². The minimum atomic E-state index is -1.19. The predicted octanol–water partition coefficient (Wildman–Crippen LogP) is 1.80. The Bertz CT molecular complexity index is 610. The minimum absolute atomic E-state index is 0.00600. The van der Waals surface area contributed by atoms with Crippen LogP contribution in [0.5, 0.6) is 0 Å². The third-order valence-electron chi connectivity index (χ3n) is 4.49. The summed E-state index contributed by atoms with van der Waals surface area (Å²) in [7, 11) is 1.26. The first-order valence-corrected chi connectivity index (χ1v) is 6.68. The molecule has 1 saturated carbocycles. The molecular formula is C14H13ClFNO3. The number of ether oxygens (including phenoxy) is 1. The summed E-state index contributed by atoms with van der Waals surface area (Å²) in [6.07, 6.45) is 0.982. The molecule has 1 saturated heterocycles. The molecule has 1 heterocycles. The summed E-state index contributed by atoms with van der Waals surface area (Å²) < 4.78 is 18.1. The number of rotatable bonds is 2. The molecule has 0 aromatic heterocycles. The van der Waals surface area contributed by atoms with E-state index in [2.05, 4.69) is 5.32 Å². The Morgan fingerprint density at radius 2 is 2.25 bits per heavy atom. The normalized spacial score (nSPS) is 31.2. The Hall–Kier alpha value is -1.62. The van der Waals surface area contributed by atoms with Crippen LogP contribution in [-0.2, 0) is 19.7 Å². The van der Waals surface area contributed by atoms with E-state index in [1.807, 2.05) is 0 Å². The van der Waals surface area contributed by atoms with Gasteiger partial charge in [0.2, 0.25) is 5.91 Å². The fourth-order valence-electron chi connectivity index (χ4n) is 3.37. The summed E-state index contributed by atoms with van der Waals surface area (Å²) in [5.41, 5.74) is -1.11. The van der Waals surface area contributed by atoms with Crippen LogP contribution in [-0.4, -0.2) is 25.5 Å². The van der Waals surface area contributed by atoms with E-state index < -0.39 is 22.6 Å². The number of nitrogens with one attached hydrogen (secondary N) is 1. The number of amides is 1. The van der Waals surface area contributed by atoms with E-state index in [9.17, 15) is 14.0 Å². The SMILES string of the molecule is COC(=O)C12C[C@@]1(c1ccc(F)c(Cl)c1)CCNC2=O. The number of methoxy groups -OCH3 is 1. The van der Waals surface area contributed by atoms with Crippen LogP contribution in [0.1, 0.15) is 18.4 Å². The van der Waals surface area contributed by atoms with Crippen molar-refractivity contribution < 1.29 is 18.7 Å². The number of carbonyl (C=O) groups is 2. The summed E-state index contributed by atoms with van der Waals surface area (Å²) in [6, 6.07) is 4.35. The van der Waals surface area contributed by atoms with Gasteiger partial charge < -0.3 is 10.1 Å². The summed E-state index contributed by atoms with van der Waals surface area (Å²) in [4.78, 5) is 24.3. The molecule has 1 aromatic carbocycles. The van der Waals surface area contributed by atoms with Gasteiger partial charge in [-0.1, -0.05) is 17.7 Å². The number of hydrogen-bond acceptors (Lipinski definition) is 3. The van der Waals surface area contributed by atoms with Gasteiger partial charge in [-0.05, 0) is 30.5 Å². The van der Waals surface area contributed by atoms with Gasteiger partial charge in [-0.15, -0.1) is 0 Å². The van der Waals surface area contributed by atoms with Crippen LogP contribution in [0, 0.1) is 11.2 Å². The Kier molecular flexibility index (Phi) is 2.80. The van der Waals surface area contributed by atoms with Crippen LogP contribution in [0.4, 0.5) is 4.39 Å². The molecule has 0 radical (unpaired) electrons. The number of piperidine rings is 1. The van der Waals surface area contributed by atoms with E-state index in [4.69, 9.17) is 16.3 Å². The van der Waals surface area contributed by atoms with Gasteiger partial charge in [-0.2, -0.15) is 0 Å². The third-order valence-corrected chi connectivity index (χ3v) is 4.78. The molecule has 1 aromatic rings. The van der Waals surface area contributed by atoms with Crippen LogP contribution in [0.2, 0.25) is 5.02 Å². The molecule has 2 aliphatic rings. The van der Waals surface area contributed by atoms with Gasteiger partial charge in [0.25, 0.3) is 0 Å².